The number of aromatic nitrogens is 4. The second-order valence-electron chi connectivity index (χ2n) is 4.82. The average molecular weight is 327 g/mol. The summed E-state index contributed by atoms with van der Waals surface area (Å²) in [6.07, 6.45) is 5.42. The molecule has 0 saturated heterocycles. The van der Waals surface area contributed by atoms with Gasteiger partial charge in [0.15, 0.2) is 0 Å². The zero-order valence-electron chi connectivity index (χ0n) is 11.4. The summed E-state index contributed by atoms with van der Waals surface area (Å²) in [4.78, 5) is 4.14. The highest BCUT2D eigenvalue weighted by Gasteiger charge is 2.23. The van der Waals surface area contributed by atoms with Gasteiger partial charge in [-0.2, -0.15) is 5.10 Å². The summed E-state index contributed by atoms with van der Waals surface area (Å²) in [6, 6.07) is 0.258. The minimum Gasteiger partial charge on any atom is -0.380 e. The van der Waals surface area contributed by atoms with Crippen LogP contribution < -0.4 is 0 Å². The molecule has 5 nitrogen and oxygen atoms in total. The monoisotopic (exact) mass is 326 g/mol. The van der Waals surface area contributed by atoms with Gasteiger partial charge in [-0.25, -0.2) is 4.98 Å². The van der Waals surface area contributed by atoms with Crippen LogP contribution in [-0.2, 0) is 6.54 Å². The summed E-state index contributed by atoms with van der Waals surface area (Å²) in [5.74, 6) is 0. The molecule has 0 aromatic carbocycles. The fraction of sp³-hybridized carbons (Fsp3) is 0.538. The zero-order valence-corrected chi connectivity index (χ0v) is 13.0. The molecule has 1 unspecified atom stereocenters. The maximum Gasteiger partial charge on any atom is 0.138 e. The molecule has 0 spiro atoms. The highest BCUT2D eigenvalue weighted by Crippen LogP contribution is 2.29. The lowest BCUT2D eigenvalue weighted by Gasteiger charge is -2.18. The van der Waals surface area contributed by atoms with Gasteiger partial charge in [-0.1, -0.05) is 6.92 Å². The molecular weight excluding hydrogens is 308 g/mol. The zero-order chi connectivity index (χ0) is 14.0. The van der Waals surface area contributed by atoms with E-state index in [-0.39, 0.29) is 6.04 Å². The fourth-order valence-electron chi connectivity index (χ4n) is 2.13. The highest BCUT2D eigenvalue weighted by atomic mass is 79.9. The standard InChI is InChI=1S/C13H19BrN4O/c1-4-5-18-12(10(14)6-16-18)13(19)11-7-15-8-17(11)9(2)3/h6-9,13,19H,4-5H2,1-3H3. The van der Waals surface area contributed by atoms with Gasteiger partial charge in [0.1, 0.15) is 6.10 Å². The molecule has 0 bridgehead atoms. The van der Waals surface area contributed by atoms with Crippen molar-refractivity contribution in [3.05, 3.63) is 34.6 Å². The van der Waals surface area contributed by atoms with Crippen LogP contribution in [0.25, 0.3) is 0 Å². The smallest absolute Gasteiger partial charge is 0.138 e. The summed E-state index contributed by atoms with van der Waals surface area (Å²) < 4.78 is 4.64. The third-order valence-corrected chi connectivity index (χ3v) is 3.67. The Morgan fingerprint density at radius 3 is 2.74 bits per heavy atom. The van der Waals surface area contributed by atoms with Gasteiger partial charge < -0.3 is 9.67 Å². The molecule has 1 N–H and O–H groups in total. The molecule has 2 aromatic rings. The van der Waals surface area contributed by atoms with E-state index in [1.54, 1.807) is 18.7 Å². The van der Waals surface area contributed by atoms with E-state index in [0.29, 0.717) is 0 Å². The minimum atomic E-state index is -0.728. The van der Waals surface area contributed by atoms with Crippen LogP contribution in [0.1, 0.15) is 50.7 Å². The van der Waals surface area contributed by atoms with Crippen molar-refractivity contribution in [2.45, 2.75) is 45.9 Å². The van der Waals surface area contributed by atoms with Gasteiger partial charge in [-0.3, -0.25) is 4.68 Å². The molecule has 0 aliphatic heterocycles. The van der Waals surface area contributed by atoms with Crippen molar-refractivity contribution in [1.29, 1.82) is 0 Å². The molecule has 1 atom stereocenters. The predicted octanol–water partition coefficient (Wildman–Crippen LogP) is 2.91. The maximum absolute atomic E-state index is 10.6. The van der Waals surface area contributed by atoms with Crippen molar-refractivity contribution < 1.29 is 5.11 Å². The first-order valence-electron chi connectivity index (χ1n) is 6.47. The number of hydrogen-bond donors (Lipinski definition) is 1. The number of hydrogen-bond acceptors (Lipinski definition) is 3. The summed E-state index contributed by atoms with van der Waals surface area (Å²) in [5.41, 5.74) is 1.57. The number of imidazole rings is 1. The number of aliphatic hydroxyl groups is 1. The molecule has 0 aliphatic rings. The molecule has 0 aliphatic carbocycles. The molecule has 0 amide bonds. The third kappa shape index (κ3) is 2.74. The van der Waals surface area contributed by atoms with Crippen LogP contribution in [0.15, 0.2) is 23.2 Å². The Morgan fingerprint density at radius 1 is 1.37 bits per heavy atom. The van der Waals surface area contributed by atoms with Gasteiger partial charge in [0.25, 0.3) is 0 Å². The molecule has 2 heterocycles. The van der Waals surface area contributed by atoms with Crippen molar-refractivity contribution in [2.24, 2.45) is 0 Å². The molecule has 19 heavy (non-hydrogen) atoms. The van der Waals surface area contributed by atoms with Crippen LogP contribution in [-0.4, -0.2) is 24.4 Å². The molecule has 104 valence electrons. The first-order valence-corrected chi connectivity index (χ1v) is 7.26. The topological polar surface area (TPSA) is 55.9 Å². The van der Waals surface area contributed by atoms with Gasteiger partial charge >= 0.3 is 0 Å². The summed E-state index contributed by atoms with van der Waals surface area (Å²) in [5, 5.41) is 14.9. The Morgan fingerprint density at radius 2 is 2.11 bits per heavy atom. The lowest BCUT2D eigenvalue weighted by molar-refractivity contribution is 0.195. The first kappa shape index (κ1) is 14.3. The van der Waals surface area contributed by atoms with E-state index in [1.807, 2.05) is 9.25 Å². The second-order valence-corrected chi connectivity index (χ2v) is 5.68. The molecule has 2 rings (SSSR count). The third-order valence-electron chi connectivity index (χ3n) is 3.06. The van der Waals surface area contributed by atoms with Gasteiger partial charge in [0, 0.05) is 12.6 Å². The van der Waals surface area contributed by atoms with E-state index in [1.165, 1.54) is 0 Å². The van der Waals surface area contributed by atoms with Crippen molar-refractivity contribution in [3.8, 4) is 0 Å². The Bertz CT molecular complexity index is 547. The molecule has 6 heteroatoms. The average Bonchev–Trinajstić information content (AvgIpc) is 2.96. The van der Waals surface area contributed by atoms with E-state index >= 15 is 0 Å². The van der Waals surface area contributed by atoms with E-state index in [4.69, 9.17) is 0 Å². The quantitative estimate of drug-likeness (QED) is 0.919. The molecule has 0 saturated carbocycles. The molecule has 2 aromatic heterocycles. The van der Waals surface area contributed by atoms with Gasteiger partial charge in [-0.15, -0.1) is 0 Å². The van der Waals surface area contributed by atoms with E-state index in [0.717, 1.165) is 28.8 Å². The van der Waals surface area contributed by atoms with E-state index in [2.05, 4.69) is 46.8 Å². The van der Waals surface area contributed by atoms with E-state index in [9.17, 15) is 5.11 Å². The van der Waals surface area contributed by atoms with Crippen LogP contribution >= 0.6 is 15.9 Å². The van der Waals surface area contributed by atoms with E-state index < -0.39 is 6.10 Å². The maximum atomic E-state index is 10.6. The Balaban J connectivity index is 2.41. The number of halogens is 1. The Kier molecular flexibility index (Phi) is 4.42. The Labute approximate surface area is 121 Å². The number of aliphatic hydroxyl groups excluding tert-OH is 1. The van der Waals surface area contributed by atoms with Gasteiger partial charge in [-0.05, 0) is 36.2 Å². The normalized spacial score (nSPS) is 13.2. The summed E-state index contributed by atoms with van der Waals surface area (Å²) >= 11 is 3.46. The van der Waals surface area contributed by atoms with Crippen LogP contribution in [0.5, 0.6) is 0 Å². The molecule has 0 radical (unpaired) electrons. The van der Waals surface area contributed by atoms with Gasteiger partial charge in [0.05, 0.1) is 34.6 Å². The van der Waals surface area contributed by atoms with Gasteiger partial charge in [0.2, 0.25) is 0 Å². The van der Waals surface area contributed by atoms with Crippen LogP contribution in [0.3, 0.4) is 0 Å². The lowest BCUT2D eigenvalue weighted by atomic mass is 10.2. The van der Waals surface area contributed by atoms with Crippen molar-refractivity contribution in [3.63, 3.8) is 0 Å². The Hall–Kier alpha value is -1.14. The first-order chi connectivity index (χ1) is 9.06. The summed E-state index contributed by atoms with van der Waals surface area (Å²) in [7, 11) is 0. The highest BCUT2D eigenvalue weighted by molar-refractivity contribution is 9.10. The van der Waals surface area contributed by atoms with Crippen molar-refractivity contribution in [1.82, 2.24) is 19.3 Å². The minimum absolute atomic E-state index is 0.258. The molecular formula is C13H19BrN4O. The number of nitrogens with zero attached hydrogens (tertiary/aromatic N) is 4. The second kappa shape index (κ2) is 5.88. The lowest BCUT2D eigenvalue weighted by Crippen LogP contribution is -2.15. The predicted molar refractivity (Wildman–Crippen MR) is 76.9 cm³/mol. The fourth-order valence-corrected chi connectivity index (χ4v) is 2.65. The SMILES string of the molecule is CCCn1ncc(Br)c1C(O)c1cncn1C(C)C. The summed E-state index contributed by atoms with van der Waals surface area (Å²) in [6.45, 7) is 7.00. The molecule has 0 fully saturated rings. The van der Waals surface area contributed by atoms with Crippen LogP contribution in [0.4, 0.5) is 0 Å². The van der Waals surface area contributed by atoms with Crippen molar-refractivity contribution in [2.75, 3.05) is 0 Å². The number of aryl methyl sites for hydroxylation is 1. The van der Waals surface area contributed by atoms with Crippen LogP contribution in [0, 0.1) is 0 Å². The van der Waals surface area contributed by atoms with Crippen LogP contribution in [0.2, 0.25) is 0 Å². The number of rotatable bonds is 5. The van der Waals surface area contributed by atoms with Crippen molar-refractivity contribution >= 4 is 15.9 Å². The largest absolute Gasteiger partial charge is 0.380 e.